The number of ether oxygens (including phenoxy) is 1. The quantitative estimate of drug-likeness (QED) is 0.288. The van der Waals surface area contributed by atoms with Crippen LogP contribution in [-0.2, 0) is 0 Å². The predicted octanol–water partition coefficient (Wildman–Crippen LogP) is 6.26. The number of ketones is 1. The van der Waals surface area contributed by atoms with Crippen LogP contribution in [0.25, 0.3) is 22.2 Å². The average molecular weight is 521 g/mol. The third kappa shape index (κ3) is 3.79. The van der Waals surface area contributed by atoms with Gasteiger partial charge in [-0.15, -0.1) is 0 Å². The number of benzene rings is 4. The first-order valence-electron chi connectivity index (χ1n) is 12.9. The molecule has 0 saturated carbocycles. The van der Waals surface area contributed by atoms with Crippen LogP contribution in [0, 0.1) is 5.82 Å². The van der Waals surface area contributed by atoms with E-state index in [2.05, 4.69) is 20.3 Å². The standard InChI is InChI=1S/C31H25FN4O3/c1-38-20-8-6-7-19(17-20)33-24-18-26(36-15-13-35(14-16-36)25-12-5-4-11-23(25)32)29-28-27(24)30(37)21-9-2-3-10-22(21)31(28)39-34-29/h2-12,17-18,33H,13-16H2,1H3. The molecule has 0 radical (unpaired) electrons. The molecule has 2 heterocycles. The number of methoxy groups -OCH3 is 1. The van der Waals surface area contributed by atoms with Crippen LogP contribution < -0.4 is 19.9 Å². The lowest BCUT2D eigenvalue weighted by Crippen LogP contribution is -2.47. The Labute approximate surface area is 224 Å². The minimum absolute atomic E-state index is 0.0763. The van der Waals surface area contributed by atoms with Crippen molar-refractivity contribution >= 4 is 39.4 Å². The van der Waals surface area contributed by atoms with E-state index >= 15 is 0 Å². The zero-order valence-electron chi connectivity index (χ0n) is 21.3. The molecule has 7 nitrogen and oxygen atoms in total. The van der Waals surface area contributed by atoms with E-state index in [0.29, 0.717) is 71.1 Å². The highest BCUT2D eigenvalue weighted by Gasteiger charge is 2.34. The first-order valence-corrected chi connectivity index (χ1v) is 12.9. The SMILES string of the molecule is COc1cccc(Nc2cc(N3CCN(c4ccccc4F)CC3)c3noc4c3c2C(=O)c2ccccc2-4)c1. The molecule has 0 unspecified atom stereocenters. The maximum absolute atomic E-state index is 14.4. The number of nitrogens with zero attached hydrogens (tertiary/aromatic N) is 3. The van der Waals surface area contributed by atoms with Gasteiger partial charge in [0.25, 0.3) is 0 Å². The van der Waals surface area contributed by atoms with Gasteiger partial charge in [-0.05, 0) is 30.3 Å². The number of anilines is 4. The minimum atomic E-state index is -0.220. The number of nitrogens with one attached hydrogen (secondary N) is 1. The van der Waals surface area contributed by atoms with Gasteiger partial charge in [0, 0.05) is 49.1 Å². The van der Waals surface area contributed by atoms with Crippen LogP contribution in [0.3, 0.4) is 0 Å². The fourth-order valence-corrected chi connectivity index (χ4v) is 5.63. The molecule has 1 aromatic heterocycles. The van der Waals surface area contributed by atoms with Crippen molar-refractivity contribution in [2.24, 2.45) is 0 Å². The van der Waals surface area contributed by atoms with Crippen molar-refractivity contribution in [2.45, 2.75) is 0 Å². The van der Waals surface area contributed by atoms with Crippen LogP contribution in [0.15, 0.2) is 83.4 Å². The topological polar surface area (TPSA) is 70.8 Å². The molecule has 1 aliphatic heterocycles. The monoisotopic (exact) mass is 520 g/mol. The molecule has 5 aromatic rings. The zero-order valence-corrected chi connectivity index (χ0v) is 21.3. The van der Waals surface area contributed by atoms with E-state index in [1.165, 1.54) is 6.07 Å². The summed E-state index contributed by atoms with van der Waals surface area (Å²) in [5.74, 6) is 1.01. The third-order valence-electron chi connectivity index (χ3n) is 7.54. The van der Waals surface area contributed by atoms with Crippen molar-refractivity contribution in [2.75, 3.05) is 48.4 Å². The summed E-state index contributed by atoms with van der Waals surface area (Å²) in [4.78, 5) is 18.1. The molecule has 1 saturated heterocycles. The van der Waals surface area contributed by atoms with Gasteiger partial charge >= 0.3 is 0 Å². The number of fused-ring (bicyclic) bond motifs is 2. The van der Waals surface area contributed by atoms with E-state index in [4.69, 9.17) is 9.26 Å². The lowest BCUT2D eigenvalue weighted by atomic mass is 9.86. The highest BCUT2D eigenvalue weighted by atomic mass is 19.1. The predicted molar refractivity (Wildman–Crippen MR) is 150 cm³/mol. The van der Waals surface area contributed by atoms with Crippen LogP contribution in [0.5, 0.6) is 5.75 Å². The minimum Gasteiger partial charge on any atom is -0.497 e. The van der Waals surface area contributed by atoms with Gasteiger partial charge in [-0.25, -0.2) is 4.39 Å². The number of halogens is 1. The Hall–Kier alpha value is -4.85. The lowest BCUT2D eigenvalue weighted by Gasteiger charge is -2.37. The van der Waals surface area contributed by atoms with E-state index in [-0.39, 0.29) is 11.6 Å². The van der Waals surface area contributed by atoms with Crippen LogP contribution in [0.4, 0.5) is 27.1 Å². The molecule has 1 fully saturated rings. The third-order valence-corrected chi connectivity index (χ3v) is 7.54. The van der Waals surface area contributed by atoms with Gasteiger partial charge in [-0.1, -0.05) is 47.6 Å². The molecule has 0 atom stereocenters. The molecular formula is C31H25FN4O3. The first kappa shape index (κ1) is 23.3. The van der Waals surface area contributed by atoms with E-state index in [1.807, 2.05) is 66.7 Å². The van der Waals surface area contributed by atoms with E-state index in [0.717, 1.165) is 16.9 Å². The Kier molecular flexibility index (Phi) is 5.47. The Morgan fingerprint density at radius 3 is 2.36 bits per heavy atom. The molecule has 2 aliphatic rings. The van der Waals surface area contributed by atoms with Gasteiger partial charge in [0.15, 0.2) is 11.5 Å². The molecule has 4 aromatic carbocycles. The molecule has 0 bridgehead atoms. The summed E-state index contributed by atoms with van der Waals surface area (Å²) >= 11 is 0. The number of carbonyl (C=O) groups is 1. The lowest BCUT2D eigenvalue weighted by molar-refractivity contribution is 0.104. The Morgan fingerprint density at radius 1 is 0.872 bits per heavy atom. The molecule has 0 amide bonds. The average Bonchev–Trinajstić information content (AvgIpc) is 3.42. The second-order valence-electron chi connectivity index (χ2n) is 9.71. The van der Waals surface area contributed by atoms with E-state index in [1.54, 1.807) is 13.2 Å². The second-order valence-corrected chi connectivity index (χ2v) is 9.71. The summed E-state index contributed by atoms with van der Waals surface area (Å²) in [7, 11) is 1.62. The normalized spacial score (nSPS) is 14.5. The van der Waals surface area contributed by atoms with E-state index < -0.39 is 0 Å². The highest BCUT2D eigenvalue weighted by Crippen LogP contribution is 2.46. The maximum Gasteiger partial charge on any atom is 0.196 e. The van der Waals surface area contributed by atoms with Gasteiger partial charge in [-0.2, -0.15) is 0 Å². The van der Waals surface area contributed by atoms with E-state index in [9.17, 15) is 9.18 Å². The molecule has 0 spiro atoms. The largest absolute Gasteiger partial charge is 0.497 e. The molecule has 7 rings (SSSR count). The second kappa shape index (κ2) is 9.16. The van der Waals surface area contributed by atoms with Crippen LogP contribution in [0.1, 0.15) is 15.9 Å². The molecule has 194 valence electrons. The molecule has 1 N–H and O–H groups in total. The Balaban J connectivity index is 1.33. The number of para-hydroxylation sites is 1. The molecule has 39 heavy (non-hydrogen) atoms. The number of hydrogen-bond acceptors (Lipinski definition) is 7. The van der Waals surface area contributed by atoms with Crippen molar-refractivity contribution in [3.8, 4) is 17.1 Å². The summed E-state index contributed by atoms with van der Waals surface area (Å²) in [5, 5.41) is 8.65. The van der Waals surface area contributed by atoms with Gasteiger partial charge in [-0.3, -0.25) is 4.79 Å². The summed E-state index contributed by atoms with van der Waals surface area (Å²) in [6.07, 6.45) is 0. The van der Waals surface area contributed by atoms with Crippen molar-refractivity contribution in [3.05, 3.63) is 95.8 Å². The fourth-order valence-electron chi connectivity index (χ4n) is 5.63. The molecule has 1 aliphatic carbocycles. The molecule has 8 heteroatoms. The number of piperazine rings is 1. The summed E-state index contributed by atoms with van der Waals surface area (Å²) < 4.78 is 25.8. The van der Waals surface area contributed by atoms with Gasteiger partial charge in [0.05, 0.1) is 35.1 Å². The summed E-state index contributed by atoms with van der Waals surface area (Å²) in [5.41, 5.74) is 5.47. The smallest absolute Gasteiger partial charge is 0.196 e. The summed E-state index contributed by atoms with van der Waals surface area (Å²) in [6, 6.07) is 23.9. The maximum atomic E-state index is 14.4. The molecular weight excluding hydrogens is 495 g/mol. The van der Waals surface area contributed by atoms with Gasteiger partial charge in [0.1, 0.15) is 17.1 Å². The van der Waals surface area contributed by atoms with Crippen LogP contribution >= 0.6 is 0 Å². The highest BCUT2D eigenvalue weighted by molar-refractivity contribution is 6.28. The number of aromatic nitrogens is 1. The fraction of sp³-hybridized carbons (Fsp3) is 0.161. The van der Waals surface area contributed by atoms with Crippen molar-refractivity contribution in [1.82, 2.24) is 5.16 Å². The van der Waals surface area contributed by atoms with Crippen LogP contribution in [-0.4, -0.2) is 44.2 Å². The zero-order chi connectivity index (χ0) is 26.5. The summed E-state index contributed by atoms with van der Waals surface area (Å²) in [6.45, 7) is 2.62. The number of carbonyl (C=O) groups excluding carboxylic acids is 1. The van der Waals surface area contributed by atoms with Gasteiger partial charge < -0.3 is 24.4 Å². The Bertz CT molecular complexity index is 1740. The van der Waals surface area contributed by atoms with Crippen molar-refractivity contribution < 1.29 is 18.4 Å². The van der Waals surface area contributed by atoms with Crippen molar-refractivity contribution in [3.63, 3.8) is 0 Å². The van der Waals surface area contributed by atoms with Gasteiger partial charge in [0.2, 0.25) is 0 Å². The first-order chi connectivity index (χ1) is 19.1. The Morgan fingerprint density at radius 2 is 1.59 bits per heavy atom. The number of rotatable bonds is 5. The van der Waals surface area contributed by atoms with Crippen molar-refractivity contribution in [1.29, 1.82) is 0 Å². The number of hydrogen-bond donors (Lipinski definition) is 1. The van der Waals surface area contributed by atoms with Crippen LogP contribution in [0.2, 0.25) is 0 Å².